The van der Waals surface area contributed by atoms with Crippen molar-refractivity contribution in [1.29, 1.82) is 0 Å². The van der Waals surface area contributed by atoms with E-state index in [2.05, 4.69) is 31.9 Å². The lowest BCUT2D eigenvalue weighted by molar-refractivity contribution is 0.0992. The number of carbonyl (C=O) groups excluding carboxylic acids is 1. The van der Waals surface area contributed by atoms with E-state index >= 15 is 0 Å². The number of aryl methyl sites for hydroxylation is 1. The van der Waals surface area contributed by atoms with Crippen LogP contribution in [0, 0.1) is 12.7 Å². The minimum atomic E-state index is -0.343. The fourth-order valence-electron chi connectivity index (χ4n) is 1.93. The molecule has 4 heteroatoms. The first kappa shape index (κ1) is 14.4. The molecule has 0 saturated carbocycles. The third-order valence-electron chi connectivity index (χ3n) is 2.78. The van der Waals surface area contributed by atoms with Crippen LogP contribution >= 0.6 is 31.9 Å². The van der Waals surface area contributed by atoms with Crippen LogP contribution in [-0.2, 0) is 6.42 Å². The van der Waals surface area contributed by atoms with Crippen molar-refractivity contribution in [2.24, 2.45) is 0 Å². The van der Waals surface area contributed by atoms with Crippen molar-refractivity contribution in [1.82, 2.24) is 0 Å². The number of rotatable bonds is 3. The van der Waals surface area contributed by atoms with Gasteiger partial charge in [-0.05, 0) is 48.4 Å². The predicted octanol–water partition coefficient (Wildman–Crippen LogP) is 5.08. The maximum absolute atomic E-state index is 13.3. The average molecular weight is 386 g/mol. The van der Waals surface area contributed by atoms with Crippen LogP contribution in [0.2, 0.25) is 0 Å². The molecule has 2 rings (SSSR count). The molecule has 2 aromatic rings. The molecule has 0 amide bonds. The molecular weight excluding hydrogens is 375 g/mol. The topological polar surface area (TPSA) is 17.1 Å². The minimum Gasteiger partial charge on any atom is -0.294 e. The molecule has 2 aromatic carbocycles. The Morgan fingerprint density at radius 2 is 1.84 bits per heavy atom. The van der Waals surface area contributed by atoms with Crippen molar-refractivity contribution in [2.45, 2.75) is 13.3 Å². The Bertz CT molecular complexity index is 618. The number of hydrogen-bond acceptors (Lipinski definition) is 1. The first-order chi connectivity index (χ1) is 8.95. The SMILES string of the molecule is Cc1cc(Br)ccc1C(=O)Cc1cc(F)cc(Br)c1. The third-order valence-corrected chi connectivity index (χ3v) is 3.73. The molecule has 0 aliphatic carbocycles. The van der Waals surface area contributed by atoms with Crippen LogP contribution in [0.15, 0.2) is 45.3 Å². The van der Waals surface area contributed by atoms with Gasteiger partial charge in [0.2, 0.25) is 0 Å². The Hall–Kier alpha value is -1.00. The summed E-state index contributed by atoms with van der Waals surface area (Å²) in [6.45, 7) is 1.89. The Balaban J connectivity index is 2.25. The second-order valence-electron chi connectivity index (χ2n) is 4.34. The highest BCUT2D eigenvalue weighted by Gasteiger charge is 2.11. The molecule has 0 aliphatic heterocycles. The van der Waals surface area contributed by atoms with Crippen molar-refractivity contribution in [2.75, 3.05) is 0 Å². The van der Waals surface area contributed by atoms with E-state index in [1.54, 1.807) is 12.1 Å². The van der Waals surface area contributed by atoms with Crippen molar-refractivity contribution in [3.63, 3.8) is 0 Å². The van der Waals surface area contributed by atoms with Gasteiger partial charge in [0, 0.05) is 20.9 Å². The summed E-state index contributed by atoms with van der Waals surface area (Å²) in [4.78, 5) is 12.2. The van der Waals surface area contributed by atoms with E-state index in [1.807, 2.05) is 19.1 Å². The Kier molecular flexibility index (Phi) is 4.53. The summed E-state index contributed by atoms with van der Waals surface area (Å²) in [5, 5.41) is 0. The molecule has 0 bridgehead atoms. The number of hydrogen-bond donors (Lipinski definition) is 0. The van der Waals surface area contributed by atoms with E-state index < -0.39 is 0 Å². The largest absolute Gasteiger partial charge is 0.294 e. The zero-order chi connectivity index (χ0) is 14.0. The lowest BCUT2D eigenvalue weighted by atomic mass is 9.99. The summed E-state index contributed by atoms with van der Waals surface area (Å²) in [6.07, 6.45) is 0.193. The van der Waals surface area contributed by atoms with Gasteiger partial charge in [-0.15, -0.1) is 0 Å². The lowest BCUT2D eigenvalue weighted by Gasteiger charge is -2.06. The van der Waals surface area contributed by atoms with Crippen LogP contribution in [0.25, 0.3) is 0 Å². The first-order valence-electron chi connectivity index (χ1n) is 5.70. The zero-order valence-corrected chi connectivity index (χ0v) is 13.4. The second-order valence-corrected chi connectivity index (χ2v) is 6.17. The maximum Gasteiger partial charge on any atom is 0.167 e. The van der Waals surface area contributed by atoms with E-state index in [9.17, 15) is 9.18 Å². The Morgan fingerprint density at radius 1 is 1.11 bits per heavy atom. The van der Waals surface area contributed by atoms with E-state index in [-0.39, 0.29) is 18.0 Å². The van der Waals surface area contributed by atoms with E-state index in [0.717, 1.165) is 10.0 Å². The quantitative estimate of drug-likeness (QED) is 0.673. The monoisotopic (exact) mass is 384 g/mol. The van der Waals surface area contributed by atoms with Crippen LogP contribution in [0.4, 0.5) is 4.39 Å². The Morgan fingerprint density at radius 3 is 2.47 bits per heavy atom. The van der Waals surface area contributed by atoms with Crippen LogP contribution in [0.1, 0.15) is 21.5 Å². The van der Waals surface area contributed by atoms with Gasteiger partial charge < -0.3 is 0 Å². The molecule has 0 aliphatic rings. The Labute approximate surface area is 128 Å². The van der Waals surface area contributed by atoms with Gasteiger partial charge in [-0.2, -0.15) is 0 Å². The summed E-state index contributed by atoms with van der Waals surface area (Å²) in [5.41, 5.74) is 2.25. The van der Waals surface area contributed by atoms with E-state index in [4.69, 9.17) is 0 Å². The highest BCUT2D eigenvalue weighted by Crippen LogP contribution is 2.20. The van der Waals surface area contributed by atoms with E-state index in [1.165, 1.54) is 12.1 Å². The normalized spacial score (nSPS) is 10.5. The summed E-state index contributed by atoms with van der Waals surface area (Å²) in [7, 11) is 0. The van der Waals surface area contributed by atoms with Crippen LogP contribution in [0.5, 0.6) is 0 Å². The molecule has 0 unspecified atom stereocenters. The fraction of sp³-hybridized carbons (Fsp3) is 0.133. The molecule has 19 heavy (non-hydrogen) atoms. The number of halogens is 3. The highest BCUT2D eigenvalue weighted by atomic mass is 79.9. The zero-order valence-electron chi connectivity index (χ0n) is 10.2. The summed E-state index contributed by atoms with van der Waals surface area (Å²) >= 11 is 6.59. The predicted molar refractivity (Wildman–Crippen MR) is 81.0 cm³/mol. The average Bonchev–Trinajstić information content (AvgIpc) is 2.26. The molecule has 1 nitrogen and oxygen atoms in total. The smallest absolute Gasteiger partial charge is 0.167 e. The van der Waals surface area contributed by atoms with Crippen LogP contribution in [-0.4, -0.2) is 5.78 Å². The number of carbonyl (C=O) groups is 1. The highest BCUT2D eigenvalue weighted by molar-refractivity contribution is 9.10. The van der Waals surface area contributed by atoms with Crippen LogP contribution < -0.4 is 0 Å². The van der Waals surface area contributed by atoms with Gasteiger partial charge in [0.1, 0.15) is 5.82 Å². The molecule has 0 fully saturated rings. The molecule has 98 valence electrons. The summed E-state index contributed by atoms with van der Waals surface area (Å²) < 4.78 is 14.8. The fourth-order valence-corrected chi connectivity index (χ4v) is 2.92. The van der Waals surface area contributed by atoms with Gasteiger partial charge in [-0.3, -0.25) is 4.79 Å². The van der Waals surface area contributed by atoms with Gasteiger partial charge in [0.05, 0.1) is 0 Å². The summed E-state index contributed by atoms with van der Waals surface area (Å²) in [5.74, 6) is -0.354. The standard InChI is InChI=1S/C15H11Br2FO/c1-9-4-11(16)2-3-14(9)15(19)7-10-5-12(17)8-13(18)6-10/h2-6,8H,7H2,1H3. The molecule has 0 spiro atoms. The summed E-state index contributed by atoms with van der Waals surface area (Å²) in [6, 6.07) is 10.0. The van der Waals surface area contributed by atoms with Crippen molar-refractivity contribution < 1.29 is 9.18 Å². The minimum absolute atomic E-state index is 0.0116. The third kappa shape index (κ3) is 3.74. The van der Waals surface area contributed by atoms with Gasteiger partial charge in [0.15, 0.2) is 5.78 Å². The lowest BCUT2D eigenvalue weighted by Crippen LogP contribution is -2.06. The van der Waals surface area contributed by atoms with Crippen molar-refractivity contribution in [3.05, 3.63) is 67.9 Å². The molecule has 0 radical (unpaired) electrons. The maximum atomic E-state index is 13.3. The first-order valence-corrected chi connectivity index (χ1v) is 7.28. The van der Waals surface area contributed by atoms with Crippen molar-refractivity contribution >= 4 is 37.6 Å². The van der Waals surface area contributed by atoms with Gasteiger partial charge in [-0.1, -0.05) is 37.9 Å². The van der Waals surface area contributed by atoms with E-state index in [0.29, 0.717) is 15.6 Å². The molecule has 0 N–H and O–H groups in total. The van der Waals surface area contributed by atoms with Gasteiger partial charge >= 0.3 is 0 Å². The second kappa shape index (κ2) is 5.97. The van der Waals surface area contributed by atoms with Crippen molar-refractivity contribution in [3.8, 4) is 0 Å². The molecular formula is C15H11Br2FO. The molecule has 0 saturated heterocycles. The van der Waals surface area contributed by atoms with Gasteiger partial charge in [-0.25, -0.2) is 4.39 Å². The number of benzene rings is 2. The molecule has 0 heterocycles. The van der Waals surface area contributed by atoms with Crippen LogP contribution in [0.3, 0.4) is 0 Å². The van der Waals surface area contributed by atoms with Gasteiger partial charge in [0.25, 0.3) is 0 Å². The number of ketones is 1. The number of Topliss-reactive ketones (excluding diaryl/α,β-unsaturated/α-hetero) is 1. The molecule has 0 atom stereocenters. The molecule has 0 aromatic heterocycles.